The van der Waals surface area contributed by atoms with Gasteiger partial charge in [-0.3, -0.25) is 4.79 Å². The molecule has 0 radical (unpaired) electrons. The van der Waals surface area contributed by atoms with E-state index >= 15 is 0 Å². The Balaban J connectivity index is 1.51. The van der Waals surface area contributed by atoms with Crippen LogP contribution in [0.15, 0.2) is 18.2 Å². The lowest BCUT2D eigenvalue weighted by Crippen LogP contribution is -2.61. The van der Waals surface area contributed by atoms with Crippen LogP contribution in [0.25, 0.3) is 0 Å². The number of nitrogens with one attached hydrogen (secondary N) is 2. The Morgan fingerprint density at radius 1 is 1.42 bits per heavy atom. The predicted molar refractivity (Wildman–Crippen MR) is 62.7 cm³/mol. The van der Waals surface area contributed by atoms with E-state index in [1.807, 2.05) is 0 Å². The van der Waals surface area contributed by atoms with E-state index in [1.54, 1.807) is 18.2 Å². The van der Waals surface area contributed by atoms with Gasteiger partial charge < -0.3 is 24.8 Å². The Morgan fingerprint density at radius 2 is 2.26 bits per heavy atom. The van der Waals surface area contributed by atoms with Crippen LogP contribution in [0.5, 0.6) is 11.5 Å². The van der Waals surface area contributed by atoms with Gasteiger partial charge in [0.25, 0.3) is 0 Å². The van der Waals surface area contributed by atoms with Crippen LogP contribution >= 0.6 is 0 Å². The van der Waals surface area contributed by atoms with Crippen LogP contribution in [0, 0.1) is 0 Å². The summed E-state index contributed by atoms with van der Waals surface area (Å²) in [6.45, 7) is 0.756. The largest absolute Gasteiger partial charge is 0.454 e. The second kappa shape index (κ2) is 4.68. The maximum absolute atomic E-state index is 11.4. The predicted octanol–water partition coefficient (Wildman–Crippen LogP) is 0.140. The minimum atomic E-state index is -0.613. The number of benzene rings is 1. The molecule has 2 N–H and O–H groups in total. The smallest absolute Gasteiger partial charge is 0.408 e. The molecule has 0 aromatic heterocycles. The SMILES string of the molecule is O=C(N[C@H]1CNC1=O)OCc1ccc2c(c1)OCO2. The van der Waals surface area contributed by atoms with Crippen molar-refractivity contribution in [2.45, 2.75) is 12.6 Å². The van der Waals surface area contributed by atoms with Crippen molar-refractivity contribution in [3.05, 3.63) is 23.8 Å². The highest BCUT2D eigenvalue weighted by molar-refractivity contribution is 5.90. The Morgan fingerprint density at radius 3 is 3.00 bits per heavy atom. The first-order valence-electron chi connectivity index (χ1n) is 5.82. The van der Waals surface area contributed by atoms with Crippen LogP contribution in [-0.4, -0.2) is 31.4 Å². The van der Waals surface area contributed by atoms with Crippen LogP contribution in [0.3, 0.4) is 0 Å². The van der Waals surface area contributed by atoms with Gasteiger partial charge in [-0.2, -0.15) is 0 Å². The minimum Gasteiger partial charge on any atom is -0.454 e. The van der Waals surface area contributed by atoms with Crippen molar-refractivity contribution < 1.29 is 23.8 Å². The van der Waals surface area contributed by atoms with Crippen molar-refractivity contribution in [2.24, 2.45) is 0 Å². The second-order valence-corrected chi connectivity index (χ2v) is 4.21. The zero-order valence-electron chi connectivity index (χ0n) is 9.97. The molecule has 2 aliphatic heterocycles. The van der Waals surface area contributed by atoms with Crippen LogP contribution < -0.4 is 20.1 Å². The van der Waals surface area contributed by atoms with Crippen molar-refractivity contribution in [1.29, 1.82) is 0 Å². The molecule has 7 nitrogen and oxygen atoms in total. The van der Waals surface area contributed by atoms with Gasteiger partial charge in [-0.15, -0.1) is 0 Å². The second-order valence-electron chi connectivity index (χ2n) is 4.21. The fourth-order valence-corrected chi connectivity index (χ4v) is 1.77. The molecule has 1 fully saturated rings. The topological polar surface area (TPSA) is 85.9 Å². The Labute approximate surface area is 108 Å². The van der Waals surface area contributed by atoms with E-state index < -0.39 is 12.1 Å². The van der Waals surface area contributed by atoms with E-state index in [-0.39, 0.29) is 19.3 Å². The number of ether oxygens (including phenoxy) is 3. The van der Waals surface area contributed by atoms with Gasteiger partial charge in [0, 0.05) is 6.54 Å². The number of hydrogen-bond donors (Lipinski definition) is 2. The Kier molecular flexibility index (Phi) is 2.86. The zero-order chi connectivity index (χ0) is 13.2. The highest BCUT2D eigenvalue weighted by Gasteiger charge is 2.29. The summed E-state index contributed by atoms with van der Waals surface area (Å²) in [6, 6.07) is 4.82. The molecular formula is C12H12N2O5. The van der Waals surface area contributed by atoms with E-state index in [2.05, 4.69) is 10.6 Å². The van der Waals surface area contributed by atoms with Crippen molar-refractivity contribution in [3.8, 4) is 11.5 Å². The highest BCUT2D eigenvalue weighted by atomic mass is 16.7. The van der Waals surface area contributed by atoms with Crippen molar-refractivity contribution >= 4 is 12.0 Å². The summed E-state index contributed by atoms with van der Waals surface area (Å²) >= 11 is 0. The number of carbonyl (C=O) groups is 2. The summed E-state index contributed by atoms with van der Waals surface area (Å²) in [5.41, 5.74) is 0.789. The van der Waals surface area contributed by atoms with Crippen LogP contribution in [0.2, 0.25) is 0 Å². The molecule has 19 heavy (non-hydrogen) atoms. The van der Waals surface area contributed by atoms with Gasteiger partial charge in [-0.05, 0) is 17.7 Å². The number of hydrogen-bond acceptors (Lipinski definition) is 5. The first-order chi connectivity index (χ1) is 9.22. The van der Waals surface area contributed by atoms with E-state index in [0.717, 1.165) is 5.56 Å². The van der Waals surface area contributed by atoms with E-state index in [1.165, 1.54) is 0 Å². The van der Waals surface area contributed by atoms with E-state index in [9.17, 15) is 9.59 Å². The van der Waals surface area contributed by atoms with Crippen molar-refractivity contribution in [1.82, 2.24) is 10.6 Å². The van der Waals surface area contributed by atoms with E-state index in [0.29, 0.717) is 18.0 Å². The monoisotopic (exact) mass is 264 g/mol. The standard InChI is InChI=1S/C12H12N2O5/c15-11-8(4-13-11)14-12(16)17-5-7-1-2-9-10(3-7)19-6-18-9/h1-3,8H,4-6H2,(H,13,15)(H,14,16)/t8-/m0/s1. The number of β-lactam (4-membered cyclic amide) rings is 1. The molecule has 0 bridgehead atoms. The maximum atomic E-state index is 11.4. The van der Waals surface area contributed by atoms with Gasteiger partial charge in [0.1, 0.15) is 12.6 Å². The molecular weight excluding hydrogens is 252 g/mol. The Bertz CT molecular complexity index is 531. The lowest BCUT2D eigenvalue weighted by molar-refractivity contribution is -0.128. The molecule has 1 saturated heterocycles. The molecule has 0 aliphatic carbocycles. The van der Waals surface area contributed by atoms with Gasteiger partial charge in [0.2, 0.25) is 12.7 Å². The van der Waals surface area contributed by atoms with Gasteiger partial charge in [-0.1, -0.05) is 6.07 Å². The van der Waals surface area contributed by atoms with Crippen molar-refractivity contribution in [3.63, 3.8) is 0 Å². The lowest BCUT2D eigenvalue weighted by Gasteiger charge is -2.26. The van der Waals surface area contributed by atoms with E-state index in [4.69, 9.17) is 14.2 Å². The third kappa shape index (κ3) is 2.40. The first kappa shape index (κ1) is 11.6. The Hall–Kier alpha value is -2.44. The van der Waals surface area contributed by atoms with Crippen molar-refractivity contribution in [2.75, 3.05) is 13.3 Å². The number of amides is 2. The van der Waals surface area contributed by atoms with Gasteiger partial charge in [0.15, 0.2) is 11.5 Å². The number of fused-ring (bicyclic) bond motifs is 1. The molecule has 2 heterocycles. The molecule has 7 heteroatoms. The normalized spacial score (nSPS) is 19.4. The number of alkyl carbamates (subject to hydrolysis) is 1. The summed E-state index contributed by atoms with van der Waals surface area (Å²) < 4.78 is 15.4. The summed E-state index contributed by atoms with van der Waals surface area (Å²) in [4.78, 5) is 22.4. The molecule has 1 aromatic rings. The van der Waals surface area contributed by atoms with Gasteiger partial charge in [-0.25, -0.2) is 4.79 Å². The summed E-state index contributed by atoms with van der Waals surface area (Å²) in [5.74, 6) is 1.12. The summed E-state index contributed by atoms with van der Waals surface area (Å²) in [6.07, 6.45) is -0.613. The minimum absolute atomic E-state index is 0.108. The third-order valence-corrected chi connectivity index (χ3v) is 2.90. The molecule has 0 saturated carbocycles. The molecule has 0 unspecified atom stereocenters. The fourth-order valence-electron chi connectivity index (χ4n) is 1.77. The number of rotatable bonds is 3. The molecule has 3 rings (SSSR count). The molecule has 2 amide bonds. The van der Waals surface area contributed by atoms with Gasteiger partial charge in [0.05, 0.1) is 0 Å². The molecule has 100 valence electrons. The summed E-state index contributed by atoms with van der Waals surface area (Å²) in [7, 11) is 0. The average Bonchev–Trinajstić information content (AvgIpc) is 2.88. The quantitative estimate of drug-likeness (QED) is 0.758. The van der Waals surface area contributed by atoms with Gasteiger partial charge >= 0.3 is 6.09 Å². The molecule has 1 aromatic carbocycles. The molecule has 1 atom stereocenters. The molecule has 2 aliphatic rings. The van der Waals surface area contributed by atoms with Crippen LogP contribution in [-0.2, 0) is 16.1 Å². The third-order valence-electron chi connectivity index (χ3n) is 2.90. The van der Waals surface area contributed by atoms with Crippen LogP contribution in [0.4, 0.5) is 4.79 Å². The lowest BCUT2D eigenvalue weighted by atomic mass is 10.2. The number of carbonyl (C=O) groups excluding carboxylic acids is 2. The average molecular weight is 264 g/mol. The molecule has 0 spiro atoms. The first-order valence-corrected chi connectivity index (χ1v) is 5.82. The highest BCUT2D eigenvalue weighted by Crippen LogP contribution is 2.32. The summed E-state index contributed by atoms with van der Waals surface area (Å²) in [5, 5.41) is 4.99. The van der Waals surface area contributed by atoms with Crippen LogP contribution in [0.1, 0.15) is 5.56 Å². The zero-order valence-corrected chi connectivity index (χ0v) is 9.97. The fraction of sp³-hybridized carbons (Fsp3) is 0.333. The maximum Gasteiger partial charge on any atom is 0.408 e.